The Bertz CT molecular complexity index is 467. The second-order valence-corrected chi connectivity index (χ2v) is 5.39. The molecule has 0 aromatic heterocycles. The Hall–Kier alpha value is -1.07. The Morgan fingerprint density at radius 2 is 2.00 bits per heavy atom. The molecular weight excluding hydrogens is 240 g/mol. The molecule has 1 rings (SSSR count). The predicted octanol–water partition coefficient (Wildman–Crippen LogP) is 1.54. The number of benzene rings is 1. The van der Waals surface area contributed by atoms with Crippen LogP contribution in [0.3, 0.4) is 0 Å². The van der Waals surface area contributed by atoms with E-state index in [1.807, 2.05) is 0 Å². The fourth-order valence-corrected chi connectivity index (χ4v) is 2.07. The molecule has 0 bridgehead atoms. The normalized spacial score (nSPS) is 11.1. The SMILES string of the molecule is CS(=O)(=O)Cc1ccccc1C(=O)OCl. The van der Waals surface area contributed by atoms with Crippen LogP contribution in [0, 0.1) is 0 Å². The Morgan fingerprint density at radius 3 is 2.53 bits per heavy atom. The molecule has 0 radical (unpaired) electrons. The first kappa shape index (κ1) is 12.0. The number of sulfone groups is 1. The Balaban J connectivity index is 3.13. The highest BCUT2D eigenvalue weighted by atomic mass is 35.5. The second kappa shape index (κ2) is 4.63. The first-order chi connectivity index (χ1) is 6.94. The molecule has 1 aromatic carbocycles. The number of carbonyl (C=O) groups is 1. The van der Waals surface area contributed by atoms with Gasteiger partial charge in [-0.25, -0.2) is 13.2 Å². The van der Waals surface area contributed by atoms with Crippen molar-refractivity contribution in [3.8, 4) is 0 Å². The molecule has 0 saturated carbocycles. The third-order valence-electron chi connectivity index (χ3n) is 1.73. The van der Waals surface area contributed by atoms with E-state index in [9.17, 15) is 13.2 Å². The monoisotopic (exact) mass is 248 g/mol. The number of hydrogen-bond acceptors (Lipinski definition) is 4. The Kier molecular flexibility index (Phi) is 3.71. The largest absolute Gasteiger partial charge is 0.356 e. The highest BCUT2D eigenvalue weighted by molar-refractivity contribution is 7.89. The zero-order chi connectivity index (χ0) is 11.5. The van der Waals surface area contributed by atoms with Gasteiger partial charge in [-0.2, -0.15) is 0 Å². The first-order valence-corrected chi connectivity index (χ1v) is 6.39. The van der Waals surface area contributed by atoms with Crippen LogP contribution < -0.4 is 0 Å². The van der Waals surface area contributed by atoms with Crippen LogP contribution >= 0.6 is 11.9 Å². The van der Waals surface area contributed by atoms with Crippen LogP contribution in [-0.4, -0.2) is 20.6 Å². The highest BCUT2D eigenvalue weighted by Crippen LogP contribution is 2.13. The Labute approximate surface area is 92.9 Å². The van der Waals surface area contributed by atoms with Crippen LogP contribution in [0.4, 0.5) is 0 Å². The first-order valence-electron chi connectivity index (χ1n) is 4.02. The molecule has 0 spiro atoms. The smallest absolute Gasteiger partial charge is 0.343 e. The fourth-order valence-electron chi connectivity index (χ4n) is 1.17. The van der Waals surface area contributed by atoms with E-state index in [-0.39, 0.29) is 11.3 Å². The molecule has 0 fully saturated rings. The van der Waals surface area contributed by atoms with Gasteiger partial charge in [0.25, 0.3) is 0 Å². The number of halogens is 1. The zero-order valence-corrected chi connectivity index (χ0v) is 9.51. The summed E-state index contributed by atoms with van der Waals surface area (Å²) < 4.78 is 26.2. The molecule has 6 heteroatoms. The number of hydrogen-bond donors (Lipinski definition) is 0. The standard InChI is InChI=1S/C9H9ClO4S/c1-15(12,13)6-7-4-2-3-5-8(7)9(11)14-10/h2-5H,6H2,1H3. The van der Waals surface area contributed by atoms with Crippen LogP contribution in [0.1, 0.15) is 15.9 Å². The van der Waals surface area contributed by atoms with Crippen LogP contribution in [0.5, 0.6) is 0 Å². The van der Waals surface area contributed by atoms with Crippen molar-refractivity contribution in [1.29, 1.82) is 0 Å². The van der Waals surface area contributed by atoms with E-state index < -0.39 is 15.8 Å². The summed E-state index contributed by atoms with van der Waals surface area (Å²) in [4.78, 5) is 11.2. The maximum Gasteiger partial charge on any atom is 0.356 e. The third-order valence-corrected chi connectivity index (χ3v) is 2.70. The summed E-state index contributed by atoms with van der Waals surface area (Å²) in [6.45, 7) is 0. The second-order valence-electron chi connectivity index (χ2n) is 3.09. The number of rotatable bonds is 3. The van der Waals surface area contributed by atoms with Gasteiger partial charge in [-0.05, 0) is 11.6 Å². The molecule has 1 aromatic rings. The van der Waals surface area contributed by atoms with Crippen LogP contribution in [-0.2, 0) is 19.9 Å². The number of carbonyl (C=O) groups excluding carboxylic acids is 1. The van der Waals surface area contributed by atoms with Crippen molar-refractivity contribution in [3.63, 3.8) is 0 Å². The van der Waals surface area contributed by atoms with E-state index in [2.05, 4.69) is 4.29 Å². The van der Waals surface area contributed by atoms with Crippen molar-refractivity contribution >= 4 is 27.7 Å². The summed E-state index contributed by atoms with van der Waals surface area (Å²) in [7, 11) is -3.19. The average Bonchev–Trinajstić information content (AvgIpc) is 2.15. The van der Waals surface area contributed by atoms with Gasteiger partial charge in [-0.1, -0.05) is 18.2 Å². The van der Waals surface area contributed by atoms with Crippen molar-refractivity contribution in [2.75, 3.05) is 6.26 Å². The summed E-state index contributed by atoms with van der Waals surface area (Å²) in [6, 6.07) is 6.26. The lowest BCUT2D eigenvalue weighted by atomic mass is 10.1. The lowest BCUT2D eigenvalue weighted by molar-refractivity contribution is 0.0750. The van der Waals surface area contributed by atoms with Gasteiger partial charge in [-0.3, -0.25) is 0 Å². The molecule has 0 heterocycles. The fraction of sp³-hybridized carbons (Fsp3) is 0.222. The van der Waals surface area contributed by atoms with Gasteiger partial charge in [0.2, 0.25) is 0 Å². The lowest BCUT2D eigenvalue weighted by Crippen LogP contribution is -2.08. The maximum atomic E-state index is 11.2. The third kappa shape index (κ3) is 3.53. The topological polar surface area (TPSA) is 60.4 Å². The van der Waals surface area contributed by atoms with E-state index >= 15 is 0 Å². The molecule has 0 saturated heterocycles. The van der Waals surface area contributed by atoms with Crippen molar-refractivity contribution in [3.05, 3.63) is 35.4 Å². The molecule has 0 atom stereocenters. The lowest BCUT2D eigenvalue weighted by Gasteiger charge is -2.04. The molecular formula is C9H9ClO4S. The molecule has 0 unspecified atom stereocenters. The minimum atomic E-state index is -3.19. The average molecular weight is 249 g/mol. The van der Waals surface area contributed by atoms with Gasteiger partial charge in [0.1, 0.15) is 11.9 Å². The molecule has 0 N–H and O–H groups in total. The van der Waals surface area contributed by atoms with Crippen molar-refractivity contribution in [2.45, 2.75) is 5.75 Å². The van der Waals surface area contributed by atoms with Gasteiger partial charge in [0.05, 0.1) is 11.3 Å². The molecule has 0 aliphatic carbocycles. The minimum Gasteiger partial charge on any atom is -0.343 e. The summed E-state index contributed by atoms with van der Waals surface area (Å²) in [6.07, 6.45) is 1.09. The van der Waals surface area contributed by atoms with Crippen molar-refractivity contribution in [1.82, 2.24) is 0 Å². The van der Waals surface area contributed by atoms with Crippen LogP contribution in [0.25, 0.3) is 0 Å². The van der Waals surface area contributed by atoms with Gasteiger partial charge in [0.15, 0.2) is 9.84 Å². The van der Waals surface area contributed by atoms with Gasteiger partial charge in [-0.15, -0.1) is 0 Å². The van der Waals surface area contributed by atoms with E-state index in [0.29, 0.717) is 5.56 Å². The molecule has 0 aliphatic heterocycles. The van der Waals surface area contributed by atoms with E-state index in [4.69, 9.17) is 11.9 Å². The van der Waals surface area contributed by atoms with Crippen molar-refractivity contribution < 1.29 is 17.5 Å². The van der Waals surface area contributed by atoms with Crippen LogP contribution in [0.2, 0.25) is 0 Å². The molecule has 15 heavy (non-hydrogen) atoms. The maximum absolute atomic E-state index is 11.2. The van der Waals surface area contributed by atoms with Gasteiger partial charge < -0.3 is 4.29 Å². The minimum absolute atomic E-state index is 0.165. The quantitative estimate of drug-likeness (QED) is 0.814. The van der Waals surface area contributed by atoms with Gasteiger partial charge in [0, 0.05) is 6.26 Å². The summed E-state index contributed by atoms with van der Waals surface area (Å²) in [5, 5.41) is 0. The van der Waals surface area contributed by atoms with E-state index in [0.717, 1.165) is 6.26 Å². The highest BCUT2D eigenvalue weighted by Gasteiger charge is 2.15. The Morgan fingerprint density at radius 1 is 1.40 bits per heavy atom. The van der Waals surface area contributed by atoms with E-state index in [1.54, 1.807) is 18.2 Å². The molecule has 82 valence electrons. The van der Waals surface area contributed by atoms with Gasteiger partial charge >= 0.3 is 5.97 Å². The van der Waals surface area contributed by atoms with E-state index in [1.165, 1.54) is 6.07 Å². The molecule has 0 aliphatic rings. The zero-order valence-electron chi connectivity index (χ0n) is 7.94. The molecule has 0 amide bonds. The molecule has 4 nitrogen and oxygen atoms in total. The summed E-state index contributed by atoms with van der Waals surface area (Å²) >= 11 is 4.93. The van der Waals surface area contributed by atoms with Crippen molar-refractivity contribution in [2.24, 2.45) is 0 Å². The predicted molar refractivity (Wildman–Crippen MR) is 56.3 cm³/mol. The summed E-state index contributed by atoms with van der Waals surface area (Å²) in [5.74, 6) is -0.967. The van der Waals surface area contributed by atoms with Crippen LogP contribution in [0.15, 0.2) is 24.3 Å². The summed E-state index contributed by atoms with van der Waals surface area (Å²) in [5.41, 5.74) is 0.545.